The first-order chi connectivity index (χ1) is 13.4. The zero-order valence-electron chi connectivity index (χ0n) is 16.0. The molecule has 7 heteroatoms. The Bertz CT molecular complexity index is 1030. The van der Waals surface area contributed by atoms with Gasteiger partial charge in [0, 0.05) is 24.7 Å². The van der Waals surface area contributed by atoms with Crippen molar-refractivity contribution in [3.63, 3.8) is 0 Å². The maximum absolute atomic E-state index is 12.3. The van der Waals surface area contributed by atoms with E-state index in [2.05, 4.69) is 16.9 Å². The number of nitrogens with two attached hydrogens (primary N) is 1. The molecule has 0 saturated carbocycles. The van der Waals surface area contributed by atoms with Crippen molar-refractivity contribution in [3.8, 4) is 23.4 Å². The molecule has 2 aromatic rings. The summed E-state index contributed by atoms with van der Waals surface area (Å²) in [5, 5.41) is 4.38. The fourth-order valence-electron chi connectivity index (χ4n) is 3.66. The zero-order valence-corrected chi connectivity index (χ0v) is 16.0. The van der Waals surface area contributed by atoms with Crippen molar-refractivity contribution >= 4 is 11.8 Å². The molecule has 28 heavy (non-hydrogen) atoms. The highest BCUT2D eigenvalue weighted by molar-refractivity contribution is 5.93. The minimum absolute atomic E-state index is 0.0526. The van der Waals surface area contributed by atoms with Gasteiger partial charge in [0.25, 0.3) is 5.91 Å². The zero-order chi connectivity index (χ0) is 19.9. The van der Waals surface area contributed by atoms with Crippen LogP contribution in [0.25, 0.3) is 5.69 Å². The molecule has 1 aromatic heterocycles. The van der Waals surface area contributed by atoms with Crippen LogP contribution in [0.5, 0.6) is 5.88 Å². The van der Waals surface area contributed by atoms with E-state index in [9.17, 15) is 9.59 Å². The highest BCUT2D eigenvalue weighted by Crippen LogP contribution is 2.31. The Balaban J connectivity index is 1.71. The molecular formula is C21H22N4O3. The number of aromatic nitrogens is 2. The molecule has 7 nitrogen and oxygen atoms in total. The number of fused-ring (bicyclic) bond motifs is 1. The first-order valence-corrected chi connectivity index (χ1v) is 9.33. The molecule has 2 aliphatic rings. The normalized spacial score (nSPS) is 20.9. The predicted octanol–water partition coefficient (Wildman–Crippen LogP) is 1.52. The fraction of sp³-hybridized carbons (Fsp3) is 0.381. The van der Waals surface area contributed by atoms with E-state index in [0.717, 1.165) is 36.2 Å². The highest BCUT2D eigenvalue weighted by atomic mass is 16.5. The third-order valence-corrected chi connectivity index (χ3v) is 5.32. The minimum Gasteiger partial charge on any atom is -0.477 e. The molecule has 0 radical (unpaired) electrons. The summed E-state index contributed by atoms with van der Waals surface area (Å²) < 4.78 is 7.38. The maximum atomic E-state index is 12.3. The first-order valence-electron chi connectivity index (χ1n) is 9.33. The second-order valence-corrected chi connectivity index (χ2v) is 7.47. The van der Waals surface area contributed by atoms with Gasteiger partial charge in [0.1, 0.15) is 5.41 Å². The van der Waals surface area contributed by atoms with Crippen molar-refractivity contribution in [1.29, 1.82) is 0 Å². The van der Waals surface area contributed by atoms with Gasteiger partial charge in [-0.3, -0.25) is 9.59 Å². The number of rotatable bonds is 2. The summed E-state index contributed by atoms with van der Waals surface area (Å²) in [5.74, 6) is 6.32. The van der Waals surface area contributed by atoms with Gasteiger partial charge in [0.15, 0.2) is 5.69 Å². The quantitative estimate of drug-likeness (QED) is 0.802. The molecule has 2 aliphatic heterocycles. The topological polar surface area (TPSA) is 90.5 Å². The molecule has 0 spiro atoms. The van der Waals surface area contributed by atoms with Crippen LogP contribution >= 0.6 is 0 Å². The summed E-state index contributed by atoms with van der Waals surface area (Å²) >= 11 is 0. The van der Waals surface area contributed by atoms with E-state index < -0.39 is 11.3 Å². The van der Waals surface area contributed by atoms with Gasteiger partial charge in [0.2, 0.25) is 11.8 Å². The summed E-state index contributed by atoms with van der Waals surface area (Å²) in [6, 6.07) is 7.49. The van der Waals surface area contributed by atoms with Crippen LogP contribution in [-0.2, 0) is 11.2 Å². The van der Waals surface area contributed by atoms with Gasteiger partial charge in [-0.15, -0.1) is 0 Å². The number of ether oxygens (including phenoxy) is 1. The highest BCUT2D eigenvalue weighted by Gasteiger charge is 2.39. The Morgan fingerprint density at radius 2 is 2.21 bits per heavy atom. The van der Waals surface area contributed by atoms with E-state index in [1.165, 1.54) is 0 Å². The summed E-state index contributed by atoms with van der Waals surface area (Å²) in [6.07, 6.45) is 2.25. The Labute approximate surface area is 163 Å². The summed E-state index contributed by atoms with van der Waals surface area (Å²) in [5.41, 5.74) is 7.33. The molecule has 2 N–H and O–H groups in total. The smallest absolute Gasteiger partial charge is 0.269 e. The van der Waals surface area contributed by atoms with Gasteiger partial charge in [-0.2, -0.15) is 5.10 Å². The van der Waals surface area contributed by atoms with Crippen LogP contribution in [0.15, 0.2) is 24.3 Å². The van der Waals surface area contributed by atoms with E-state index >= 15 is 0 Å². The second-order valence-electron chi connectivity index (χ2n) is 7.47. The van der Waals surface area contributed by atoms with Crippen molar-refractivity contribution in [3.05, 3.63) is 41.1 Å². The average Bonchev–Trinajstić information content (AvgIpc) is 3.21. The molecule has 4 rings (SSSR count). The number of likely N-dealkylation sites (tertiary alicyclic amines) is 1. The van der Waals surface area contributed by atoms with E-state index in [1.807, 2.05) is 31.2 Å². The van der Waals surface area contributed by atoms with Crippen LogP contribution in [-0.4, -0.2) is 46.7 Å². The maximum Gasteiger partial charge on any atom is 0.269 e. The third-order valence-electron chi connectivity index (χ3n) is 5.32. The second kappa shape index (κ2) is 6.71. The Morgan fingerprint density at radius 3 is 2.93 bits per heavy atom. The number of carbonyl (C=O) groups is 2. The summed E-state index contributed by atoms with van der Waals surface area (Å²) in [7, 11) is 1.80. The molecular weight excluding hydrogens is 356 g/mol. The van der Waals surface area contributed by atoms with Crippen LogP contribution < -0.4 is 10.5 Å². The van der Waals surface area contributed by atoms with Crippen molar-refractivity contribution in [2.75, 3.05) is 20.2 Å². The fourth-order valence-corrected chi connectivity index (χ4v) is 3.66. The number of primary amides is 1. The van der Waals surface area contributed by atoms with Gasteiger partial charge in [-0.25, -0.2) is 4.68 Å². The molecule has 144 valence electrons. The molecule has 2 amide bonds. The van der Waals surface area contributed by atoms with Gasteiger partial charge < -0.3 is 15.4 Å². The lowest BCUT2D eigenvalue weighted by atomic mass is 9.89. The van der Waals surface area contributed by atoms with Crippen LogP contribution in [0.4, 0.5) is 0 Å². The van der Waals surface area contributed by atoms with Crippen LogP contribution in [0.2, 0.25) is 0 Å². The number of hydrogen-bond acceptors (Lipinski definition) is 4. The SMILES string of the molecule is CN1CC[C@@](C)(C#Cc2cccc(-n3nc(C(N)=O)c4c3OCCC4)c2)C1=O. The Morgan fingerprint density at radius 1 is 1.39 bits per heavy atom. The average molecular weight is 378 g/mol. The molecule has 3 heterocycles. The number of carbonyl (C=O) groups excluding carboxylic acids is 2. The van der Waals surface area contributed by atoms with Crippen molar-refractivity contribution < 1.29 is 14.3 Å². The van der Waals surface area contributed by atoms with Crippen molar-refractivity contribution in [2.24, 2.45) is 11.1 Å². The molecule has 0 aliphatic carbocycles. The predicted molar refractivity (Wildman–Crippen MR) is 103 cm³/mol. The number of nitrogens with zero attached hydrogens (tertiary/aromatic N) is 3. The molecule has 0 unspecified atom stereocenters. The van der Waals surface area contributed by atoms with Crippen LogP contribution in [0, 0.1) is 17.3 Å². The third kappa shape index (κ3) is 3.01. The van der Waals surface area contributed by atoms with Crippen LogP contribution in [0.1, 0.15) is 41.4 Å². The number of hydrogen-bond donors (Lipinski definition) is 1. The molecule has 1 fully saturated rings. The van der Waals surface area contributed by atoms with E-state index in [0.29, 0.717) is 18.9 Å². The van der Waals surface area contributed by atoms with Gasteiger partial charge in [-0.1, -0.05) is 17.9 Å². The lowest BCUT2D eigenvalue weighted by Crippen LogP contribution is -2.28. The lowest BCUT2D eigenvalue weighted by Gasteiger charge is -2.15. The number of amides is 2. The molecule has 0 bridgehead atoms. The summed E-state index contributed by atoms with van der Waals surface area (Å²) in [6.45, 7) is 3.17. The Hall–Kier alpha value is -3.27. The molecule has 1 aromatic carbocycles. The van der Waals surface area contributed by atoms with E-state index in [1.54, 1.807) is 16.6 Å². The first kappa shape index (κ1) is 18.1. The standard InChI is InChI=1S/C21H22N4O3/c1-21(10-11-24(2)20(21)27)9-8-14-5-3-6-15(13-14)25-19-16(7-4-12-28-19)17(23-25)18(22)26/h3,5-6,13H,4,7,10-12H2,1-2H3,(H2,22,26)/t21-/m1/s1. The molecule has 1 atom stereocenters. The van der Waals surface area contributed by atoms with Gasteiger partial charge >= 0.3 is 0 Å². The molecule has 1 saturated heterocycles. The Kier molecular flexibility index (Phi) is 4.34. The lowest BCUT2D eigenvalue weighted by molar-refractivity contribution is -0.131. The van der Waals surface area contributed by atoms with Crippen LogP contribution in [0.3, 0.4) is 0 Å². The van der Waals surface area contributed by atoms with E-state index in [-0.39, 0.29) is 11.6 Å². The monoisotopic (exact) mass is 378 g/mol. The minimum atomic E-state index is -0.655. The largest absolute Gasteiger partial charge is 0.477 e. The van der Waals surface area contributed by atoms with Gasteiger partial charge in [-0.05, 0) is 44.4 Å². The van der Waals surface area contributed by atoms with Crippen molar-refractivity contribution in [2.45, 2.75) is 26.2 Å². The summed E-state index contributed by atoms with van der Waals surface area (Å²) in [4.78, 5) is 25.8. The van der Waals surface area contributed by atoms with Gasteiger partial charge in [0.05, 0.1) is 12.3 Å². The number of benzene rings is 1. The van der Waals surface area contributed by atoms with Crippen molar-refractivity contribution in [1.82, 2.24) is 14.7 Å². The van der Waals surface area contributed by atoms with E-state index in [4.69, 9.17) is 10.5 Å².